The summed E-state index contributed by atoms with van der Waals surface area (Å²) in [4.78, 5) is 11.0. The Hall–Kier alpha value is -1.22. The van der Waals surface area contributed by atoms with Crippen LogP contribution in [0.25, 0.3) is 0 Å². The fourth-order valence-corrected chi connectivity index (χ4v) is 1.54. The quantitative estimate of drug-likeness (QED) is 0.803. The van der Waals surface area contributed by atoms with Crippen LogP contribution in [-0.2, 0) is 4.79 Å². The van der Waals surface area contributed by atoms with Crippen molar-refractivity contribution in [1.82, 2.24) is 0 Å². The molecule has 0 bridgehead atoms. The zero-order valence-corrected chi connectivity index (χ0v) is 10.00. The van der Waals surface area contributed by atoms with Crippen molar-refractivity contribution < 1.29 is 9.90 Å². The predicted octanol–water partition coefficient (Wildman–Crippen LogP) is 3.40. The van der Waals surface area contributed by atoms with Crippen LogP contribution < -0.4 is 5.32 Å². The summed E-state index contributed by atoms with van der Waals surface area (Å²) in [6.07, 6.45) is 2.53. The number of aliphatic carboxylic acids is 1. The van der Waals surface area contributed by atoms with Crippen LogP contribution in [0, 0.1) is 0 Å². The number of benzene rings is 1. The van der Waals surface area contributed by atoms with Gasteiger partial charge in [0.1, 0.15) is 6.04 Å². The third-order valence-electron chi connectivity index (χ3n) is 2.33. The Balaban J connectivity index is 2.60. The van der Waals surface area contributed by atoms with Crippen LogP contribution in [0.2, 0.25) is 5.02 Å². The minimum atomic E-state index is -0.816. The first kappa shape index (κ1) is 12.8. The molecular weight excluding hydrogens is 226 g/mol. The molecule has 2 N–H and O–H groups in total. The number of rotatable bonds is 6. The number of nitrogens with one attached hydrogen (secondary N) is 1. The number of unbranched alkanes of at least 4 members (excludes halogenated alkanes) is 1. The Kier molecular flexibility index (Phi) is 5.12. The number of carboxylic acids is 1. The largest absolute Gasteiger partial charge is 0.480 e. The Morgan fingerprint density at radius 1 is 1.44 bits per heavy atom. The van der Waals surface area contributed by atoms with Gasteiger partial charge in [-0.15, -0.1) is 0 Å². The van der Waals surface area contributed by atoms with Crippen molar-refractivity contribution in [3.63, 3.8) is 0 Å². The molecule has 0 aliphatic rings. The molecule has 1 aromatic rings. The third-order valence-corrected chi connectivity index (χ3v) is 2.58. The number of carboxylic acid groups (broad SMARTS) is 1. The Bertz CT molecular complexity index is 337. The van der Waals surface area contributed by atoms with Crippen LogP contribution in [0.1, 0.15) is 26.2 Å². The first-order valence-electron chi connectivity index (χ1n) is 5.38. The van der Waals surface area contributed by atoms with Crippen LogP contribution in [-0.4, -0.2) is 17.1 Å². The predicted molar refractivity (Wildman–Crippen MR) is 66.0 cm³/mol. The molecule has 0 saturated carbocycles. The summed E-state index contributed by atoms with van der Waals surface area (Å²) in [6, 6.07) is 6.51. The molecule has 0 spiro atoms. The highest BCUT2D eigenvalue weighted by atomic mass is 35.5. The molecule has 1 unspecified atom stereocenters. The second-order valence-corrected chi connectivity index (χ2v) is 4.12. The third kappa shape index (κ3) is 4.11. The fraction of sp³-hybridized carbons (Fsp3) is 0.417. The van der Waals surface area contributed by atoms with E-state index in [0.29, 0.717) is 11.4 Å². The summed E-state index contributed by atoms with van der Waals surface area (Å²) in [7, 11) is 0. The molecule has 0 fully saturated rings. The molecule has 1 atom stereocenters. The highest BCUT2D eigenvalue weighted by Crippen LogP contribution is 2.15. The normalized spacial score (nSPS) is 12.1. The van der Waals surface area contributed by atoms with Crippen LogP contribution in [0.3, 0.4) is 0 Å². The molecule has 88 valence electrons. The number of halogens is 1. The second-order valence-electron chi connectivity index (χ2n) is 3.68. The standard InChI is InChI=1S/C12H16ClNO2/c1-2-3-4-11(12(15)16)14-10-7-5-9(13)6-8-10/h5-8,11,14H,2-4H2,1H3,(H,15,16). The maximum Gasteiger partial charge on any atom is 0.326 e. The lowest BCUT2D eigenvalue weighted by Gasteiger charge is -2.15. The lowest BCUT2D eigenvalue weighted by Crippen LogP contribution is -2.29. The maximum absolute atomic E-state index is 11.0. The zero-order chi connectivity index (χ0) is 12.0. The van der Waals surface area contributed by atoms with Crippen molar-refractivity contribution >= 4 is 23.3 Å². The van der Waals surface area contributed by atoms with E-state index in [9.17, 15) is 4.79 Å². The van der Waals surface area contributed by atoms with Crippen molar-refractivity contribution in [2.45, 2.75) is 32.2 Å². The average molecular weight is 242 g/mol. The Morgan fingerprint density at radius 3 is 2.56 bits per heavy atom. The van der Waals surface area contributed by atoms with Crippen molar-refractivity contribution in [3.8, 4) is 0 Å². The number of hydrogen-bond donors (Lipinski definition) is 2. The Morgan fingerprint density at radius 2 is 2.06 bits per heavy atom. The SMILES string of the molecule is CCCCC(Nc1ccc(Cl)cc1)C(=O)O. The van der Waals surface area contributed by atoms with Gasteiger partial charge in [-0.05, 0) is 30.7 Å². The van der Waals surface area contributed by atoms with Crippen LogP contribution in [0.15, 0.2) is 24.3 Å². The van der Waals surface area contributed by atoms with Gasteiger partial charge >= 0.3 is 5.97 Å². The first-order chi connectivity index (χ1) is 7.63. The monoisotopic (exact) mass is 241 g/mol. The summed E-state index contributed by atoms with van der Waals surface area (Å²) >= 11 is 5.75. The van der Waals surface area contributed by atoms with Gasteiger partial charge in [-0.2, -0.15) is 0 Å². The van der Waals surface area contributed by atoms with Crippen molar-refractivity contribution in [2.75, 3.05) is 5.32 Å². The van der Waals surface area contributed by atoms with E-state index in [4.69, 9.17) is 16.7 Å². The lowest BCUT2D eigenvalue weighted by molar-refractivity contribution is -0.138. The van der Waals surface area contributed by atoms with Gasteiger partial charge in [-0.3, -0.25) is 0 Å². The van der Waals surface area contributed by atoms with Crippen molar-refractivity contribution in [2.24, 2.45) is 0 Å². The molecule has 16 heavy (non-hydrogen) atoms. The lowest BCUT2D eigenvalue weighted by atomic mass is 10.1. The van der Waals surface area contributed by atoms with E-state index in [2.05, 4.69) is 5.32 Å². The highest BCUT2D eigenvalue weighted by Gasteiger charge is 2.15. The fourth-order valence-electron chi connectivity index (χ4n) is 1.41. The van der Waals surface area contributed by atoms with Gasteiger partial charge in [-0.25, -0.2) is 4.79 Å². The smallest absolute Gasteiger partial charge is 0.326 e. The minimum absolute atomic E-state index is 0.527. The van der Waals surface area contributed by atoms with Crippen molar-refractivity contribution in [1.29, 1.82) is 0 Å². The van der Waals surface area contributed by atoms with E-state index in [0.717, 1.165) is 18.5 Å². The highest BCUT2D eigenvalue weighted by molar-refractivity contribution is 6.30. The molecule has 3 nitrogen and oxygen atoms in total. The maximum atomic E-state index is 11.0. The molecule has 0 heterocycles. The topological polar surface area (TPSA) is 49.3 Å². The Labute approximate surface area is 100 Å². The van der Waals surface area contributed by atoms with Crippen LogP contribution in [0.4, 0.5) is 5.69 Å². The van der Waals surface area contributed by atoms with E-state index >= 15 is 0 Å². The molecule has 0 aliphatic heterocycles. The molecule has 0 radical (unpaired) electrons. The van der Waals surface area contributed by atoms with Gasteiger partial charge in [0, 0.05) is 10.7 Å². The van der Waals surface area contributed by atoms with Gasteiger partial charge in [0.05, 0.1) is 0 Å². The number of hydrogen-bond acceptors (Lipinski definition) is 2. The molecular formula is C12H16ClNO2. The van der Waals surface area contributed by atoms with E-state index in [1.807, 2.05) is 6.92 Å². The van der Waals surface area contributed by atoms with Crippen molar-refractivity contribution in [3.05, 3.63) is 29.3 Å². The number of anilines is 1. The molecule has 0 aromatic heterocycles. The van der Waals surface area contributed by atoms with Gasteiger partial charge in [-0.1, -0.05) is 31.4 Å². The van der Waals surface area contributed by atoms with Gasteiger partial charge in [0.25, 0.3) is 0 Å². The summed E-state index contributed by atoms with van der Waals surface area (Å²) in [6.45, 7) is 2.04. The molecule has 0 amide bonds. The summed E-state index contributed by atoms with van der Waals surface area (Å²) in [5, 5.41) is 12.7. The molecule has 1 aromatic carbocycles. The minimum Gasteiger partial charge on any atom is -0.480 e. The van der Waals surface area contributed by atoms with E-state index in [1.165, 1.54) is 0 Å². The molecule has 0 saturated heterocycles. The average Bonchev–Trinajstić information content (AvgIpc) is 2.26. The summed E-state index contributed by atoms with van der Waals surface area (Å²) in [5.41, 5.74) is 0.785. The van der Waals surface area contributed by atoms with Crippen LogP contribution in [0.5, 0.6) is 0 Å². The van der Waals surface area contributed by atoms with E-state index < -0.39 is 12.0 Å². The van der Waals surface area contributed by atoms with Gasteiger partial charge in [0.2, 0.25) is 0 Å². The molecule has 4 heteroatoms. The van der Waals surface area contributed by atoms with Gasteiger partial charge in [0.15, 0.2) is 0 Å². The summed E-state index contributed by atoms with van der Waals surface area (Å²) < 4.78 is 0. The van der Waals surface area contributed by atoms with E-state index in [-0.39, 0.29) is 0 Å². The van der Waals surface area contributed by atoms with Crippen LogP contribution >= 0.6 is 11.6 Å². The first-order valence-corrected chi connectivity index (χ1v) is 5.76. The summed E-state index contributed by atoms with van der Waals surface area (Å²) in [5.74, 6) is -0.816. The zero-order valence-electron chi connectivity index (χ0n) is 9.24. The van der Waals surface area contributed by atoms with E-state index in [1.54, 1.807) is 24.3 Å². The molecule has 1 rings (SSSR count). The molecule has 0 aliphatic carbocycles. The number of carbonyl (C=O) groups is 1. The second kappa shape index (κ2) is 6.38. The van der Waals surface area contributed by atoms with Gasteiger partial charge < -0.3 is 10.4 Å².